The van der Waals surface area contributed by atoms with Gasteiger partial charge in [-0.1, -0.05) is 0 Å². The van der Waals surface area contributed by atoms with Crippen LogP contribution in [0, 0.1) is 0 Å². The Morgan fingerprint density at radius 2 is 2.00 bits per heavy atom. The standard InChI is InChI=1S/C12H11F3N2O/c13-12(14,15)7-1-4-10-9(5-7)16-11(18)6-17(10)8-2-3-8/h1,4-5,8H,2-3,6H2,(H,16,18). The molecule has 1 heterocycles. The zero-order valence-corrected chi connectivity index (χ0v) is 9.42. The van der Waals surface area contributed by atoms with Gasteiger partial charge in [-0.2, -0.15) is 13.2 Å². The van der Waals surface area contributed by atoms with E-state index in [0.717, 1.165) is 25.0 Å². The van der Waals surface area contributed by atoms with E-state index < -0.39 is 11.7 Å². The van der Waals surface area contributed by atoms with Gasteiger partial charge in [0.05, 0.1) is 23.5 Å². The summed E-state index contributed by atoms with van der Waals surface area (Å²) in [7, 11) is 0. The van der Waals surface area contributed by atoms with E-state index in [0.29, 0.717) is 11.7 Å². The number of nitrogens with zero attached hydrogens (tertiary/aromatic N) is 1. The molecule has 1 aromatic carbocycles. The largest absolute Gasteiger partial charge is 0.416 e. The monoisotopic (exact) mass is 256 g/mol. The summed E-state index contributed by atoms with van der Waals surface area (Å²) in [6, 6.07) is 3.80. The van der Waals surface area contributed by atoms with Crippen LogP contribution in [0.1, 0.15) is 18.4 Å². The number of hydrogen-bond acceptors (Lipinski definition) is 2. The second-order valence-electron chi connectivity index (χ2n) is 4.64. The van der Waals surface area contributed by atoms with Gasteiger partial charge in [0.1, 0.15) is 0 Å². The van der Waals surface area contributed by atoms with Crippen molar-refractivity contribution in [3.63, 3.8) is 0 Å². The fourth-order valence-electron chi connectivity index (χ4n) is 2.20. The van der Waals surface area contributed by atoms with Crippen LogP contribution in [0.2, 0.25) is 0 Å². The molecule has 0 saturated heterocycles. The van der Waals surface area contributed by atoms with Gasteiger partial charge in [0.25, 0.3) is 0 Å². The highest BCUT2D eigenvalue weighted by Crippen LogP contribution is 2.40. The zero-order chi connectivity index (χ0) is 12.9. The van der Waals surface area contributed by atoms with Crippen molar-refractivity contribution in [3.8, 4) is 0 Å². The predicted octanol–water partition coefficient (Wildman–Crippen LogP) is 2.63. The molecular weight excluding hydrogens is 245 g/mol. The first-order chi connectivity index (χ1) is 8.45. The number of hydrogen-bond donors (Lipinski definition) is 1. The van der Waals surface area contributed by atoms with E-state index in [1.54, 1.807) is 0 Å². The van der Waals surface area contributed by atoms with Crippen LogP contribution in [0.4, 0.5) is 24.5 Å². The molecule has 0 radical (unpaired) electrons. The normalized spacial score (nSPS) is 19.5. The topological polar surface area (TPSA) is 32.3 Å². The highest BCUT2D eigenvalue weighted by Gasteiger charge is 2.36. The maximum absolute atomic E-state index is 12.6. The smallest absolute Gasteiger partial charge is 0.358 e. The van der Waals surface area contributed by atoms with E-state index in [9.17, 15) is 18.0 Å². The Kier molecular flexibility index (Phi) is 2.30. The first-order valence-corrected chi connectivity index (χ1v) is 5.73. The highest BCUT2D eigenvalue weighted by atomic mass is 19.4. The molecule has 1 amide bonds. The van der Waals surface area contributed by atoms with Crippen molar-refractivity contribution in [3.05, 3.63) is 23.8 Å². The van der Waals surface area contributed by atoms with Crippen molar-refractivity contribution in [1.82, 2.24) is 0 Å². The Balaban J connectivity index is 2.02. The minimum Gasteiger partial charge on any atom is -0.358 e. The molecule has 2 aliphatic rings. The van der Waals surface area contributed by atoms with Crippen LogP contribution >= 0.6 is 0 Å². The van der Waals surface area contributed by atoms with Crippen molar-refractivity contribution in [2.45, 2.75) is 25.1 Å². The van der Waals surface area contributed by atoms with E-state index in [1.165, 1.54) is 6.07 Å². The molecular formula is C12H11F3N2O. The molecule has 0 atom stereocenters. The minimum atomic E-state index is -4.39. The van der Waals surface area contributed by atoms with Crippen LogP contribution < -0.4 is 10.2 Å². The predicted molar refractivity (Wildman–Crippen MR) is 60.4 cm³/mol. The van der Waals surface area contributed by atoms with Crippen molar-refractivity contribution in [2.24, 2.45) is 0 Å². The van der Waals surface area contributed by atoms with Crippen molar-refractivity contribution in [2.75, 3.05) is 16.8 Å². The summed E-state index contributed by atoms with van der Waals surface area (Å²) in [4.78, 5) is 13.4. The molecule has 1 fully saturated rings. The van der Waals surface area contributed by atoms with Gasteiger partial charge < -0.3 is 10.2 Å². The molecule has 0 spiro atoms. The zero-order valence-electron chi connectivity index (χ0n) is 9.42. The molecule has 0 unspecified atom stereocenters. The Morgan fingerprint density at radius 1 is 1.28 bits per heavy atom. The molecule has 3 nitrogen and oxygen atoms in total. The van der Waals surface area contributed by atoms with Crippen LogP contribution in [0.5, 0.6) is 0 Å². The third-order valence-electron chi connectivity index (χ3n) is 3.21. The first kappa shape index (κ1) is 11.4. The molecule has 1 N–H and O–H groups in total. The highest BCUT2D eigenvalue weighted by molar-refractivity contribution is 6.01. The van der Waals surface area contributed by atoms with Gasteiger partial charge in [-0.15, -0.1) is 0 Å². The summed E-state index contributed by atoms with van der Waals surface area (Å²) in [5, 5.41) is 2.50. The maximum atomic E-state index is 12.6. The number of anilines is 2. The Hall–Kier alpha value is -1.72. The molecule has 1 saturated carbocycles. The first-order valence-electron chi connectivity index (χ1n) is 5.73. The number of halogens is 3. The summed E-state index contributed by atoms with van der Waals surface area (Å²) < 4.78 is 37.8. The number of rotatable bonds is 1. The molecule has 3 rings (SSSR count). The SMILES string of the molecule is O=C1CN(C2CC2)c2ccc(C(F)(F)F)cc2N1. The lowest BCUT2D eigenvalue weighted by Gasteiger charge is -2.31. The second-order valence-corrected chi connectivity index (χ2v) is 4.64. The lowest BCUT2D eigenvalue weighted by molar-refractivity contribution is -0.137. The second kappa shape index (κ2) is 3.63. The Bertz CT molecular complexity index is 509. The van der Waals surface area contributed by atoms with Gasteiger partial charge in [0.15, 0.2) is 0 Å². The van der Waals surface area contributed by atoms with Gasteiger partial charge in [-0.05, 0) is 31.0 Å². The van der Waals surface area contributed by atoms with E-state index in [2.05, 4.69) is 5.32 Å². The molecule has 1 aromatic rings. The van der Waals surface area contributed by atoms with Gasteiger partial charge in [-0.3, -0.25) is 4.79 Å². The number of fused-ring (bicyclic) bond motifs is 1. The summed E-state index contributed by atoms with van der Waals surface area (Å²) >= 11 is 0. The fourth-order valence-corrected chi connectivity index (χ4v) is 2.20. The minimum absolute atomic E-state index is 0.225. The molecule has 18 heavy (non-hydrogen) atoms. The van der Waals surface area contributed by atoms with E-state index in [4.69, 9.17) is 0 Å². The molecule has 96 valence electrons. The third kappa shape index (κ3) is 1.91. The molecule has 1 aliphatic carbocycles. The molecule has 0 bridgehead atoms. The van der Waals surface area contributed by atoms with Crippen LogP contribution in [0.3, 0.4) is 0 Å². The molecule has 6 heteroatoms. The van der Waals surface area contributed by atoms with Gasteiger partial charge in [0.2, 0.25) is 5.91 Å². The van der Waals surface area contributed by atoms with E-state index >= 15 is 0 Å². The number of carbonyl (C=O) groups is 1. The van der Waals surface area contributed by atoms with Crippen LogP contribution in [0.15, 0.2) is 18.2 Å². The quantitative estimate of drug-likeness (QED) is 0.837. The lowest BCUT2D eigenvalue weighted by Crippen LogP contribution is -2.39. The number of benzene rings is 1. The van der Waals surface area contributed by atoms with Crippen LogP contribution in [-0.2, 0) is 11.0 Å². The van der Waals surface area contributed by atoms with E-state index in [1.807, 2.05) is 4.90 Å². The van der Waals surface area contributed by atoms with Crippen molar-refractivity contribution < 1.29 is 18.0 Å². The fraction of sp³-hybridized carbons (Fsp3) is 0.417. The summed E-state index contributed by atoms with van der Waals surface area (Å²) in [6.07, 6.45) is -2.40. The number of carbonyl (C=O) groups excluding carboxylic acids is 1. The molecule has 0 aromatic heterocycles. The third-order valence-corrected chi connectivity index (χ3v) is 3.21. The number of nitrogens with one attached hydrogen (secondary N) is 1. The van der Waals surface area contributed by atoms with Crippen LogP contribution in [0.25, 0.3) is 0 Å². The van der Waals surface area contributed by atoms with Crippen LogP contribution in [-0.4, -0.2) is 18.5 Å². The average molecular weight is 256 g/mol. The Morgan fingerprint density at radius 3 is 2.61 bits per heavy atom. The van der Waals surface area contributed by atoms with E-state index in [-0.39, 0.29) is 18.1 Å². The summed E-state index contributed by atoms with van der Waals surface area (Å²) in [5.74, 6) is -0.256. The Labute approximate surface area is 102 Å². The van der Waals surface area contributed by atoms with Crippen molar-refractivity contribution >= 4 is 17.3 Å². The van der Waals surface area contributed by atoms with Gasteiger partial charge in [0, 0.05) is 6.04 Å². The van der Waals surface area contributed by atoms with Crippen molar-refractivity contribution in [1.29, 1.82) is 0 Å². The summed E-state index contributed by atoms with van der Waals surface area (Å²) in [5.41, 5.74) is 0.206. The lowest BCUT2D eigenvalue weighted by atomic mass is 10.1. The molecule has 1 aliphatic heterocycles. The average Bonchev–Trinajstić information content (AvgIpc) is 3.09. The summed E-state index contributed by atoms with van der Waals surface area (Å²) in [6.45, 7) is 0.225. The number of amides is 1. The van der Waals surface area contributed by atoms with Gasteiger partial charge in [-0.25, -0.2) is 0 Å². The maximum Gasteiger partial charge on any atom is 0.416 e. The number of alkyl halides is 3. The van der Waals surface area contributed by atoms with Gasteiger partial charge >= 0.3 is 6.18 Å².